The van der Waals surface area contributed by atoms with Gasteiger partial charge < -0.3 is 14.9 Å². The van der Waals surface area contributed by atoms with Gasteiger partial charge in [0.1, 0.15) is 11.7 Å². The van der Waals surface area contributed by atoms with E-state index in [9.17, 15) is 14.3 Å². The standard InChI is InChI=1S/C27H32FN3O2/c1-3-4-10-25-29-26(32)24(18-31(25)19(2)20-11-13-23(28)14-12-20)27(33)30-16-15-22(17-30)21-8-6-5-7-9-21/h5-9,11-14,19,22,32H,3-4,10,15-18H2,1-2H3/t19-,22-/m0/s1. The zero-order valence-corrected chi connectivity index (χ0v) is 19.4. The molecule has 0 aromatic heterocycles. The second-order valence-electron chi connectivity index (χ2n) is 8.94. The number of hydrogen-bond donors (Lipinski definition) is 1. The lowest BCUT2D eigenvalue weighted by Crippen LogP contribution is -2.42. The summed E-state index contributed by atoms with van der Waals surface area (Å²) in [6, 6.07) is 16.6. The Labute approximate surface area is 195 Å². The Kier molecular flexibility index (Phi) is 7.11. The van der Waals surface area contributed by atoms with Crippen LogP contribution >= 0.6 is 0 Å². The van der Waals surface area contributed by atoms with Crippen LogP contribution in [0.15, 0.2) is 71.0 Å². The summed E-state index contributed by atoms with van der Waals surface area (Å²) in [5, 5.41) is 10.7. The van der Waals surface area contributed by atoms with Crippen LogP contribution < -0.4 is 0 Å². The van der Waals surface area contributed by atoms with Crippen LogP contribution in [0.4, 0.5) is 4.39 Å². The van der Waals surface area contributed by atoms with Gasteiger partial charge in [0, 0.05) is 25.4 Å². The fourth-order valence-corrected chi connectivity index (χ4v) is 4.70. The summed E-state index contributed by atoms with van der Waals surface area (Å²) in [5.74, 6) is 0.475. The van der Waals surface area contributed by atoms with Crippen molar-refractivity contribution in [3.63, 3.8) is 0 Å². The molecule has 0 saturated carbocycles. The number of halogens is 1. The summed E-state index contributed by atoms with van der Waals surface area (Å²) in [7, 11) is 0. The zero-order valence-electron chi connectivity index (χ0n) is 19.4. The molecule has 2 aromatic carbocycles. The predicted octanol–water partition coefficient (Wildman–Crippen LogP) is 5.58. The van der Waals surface area contributed by atoms with Gasteiger partial charge in [-0.2, -0.15) is 0 Å². The van der Waals surface area contributed by atoms with Gasteiger partial charge in [0.05, 0.1) is 18.2 Å². The number of aliphatic imine (C=N–C) groups is 1. The molecule has 1 N–H and O–H groups in total. The average Bonchev–Trinajstić information content (AvgIpc) is 3.33. The lowest BCUT2D eigenvalue weighted by atomic mass is 9.99. The molecule has 33 heavy (non-hydrogen) atoms. The highest BCUT2D eigenvalue weighted by molar-refractivity contribution is 5.97. The Morgan fingerprint density at radius 2 is 1.91 bits per heavy atom. The molecule has 174 valence electrons. The molecular weight excluding hydrogens is 417 g/mol. The van der Waals surface area contributed by atoms with Gasteiger partial charge in [-0.3, -0.25) is 4.79 Å². The normalized spacial score (nSPS) is 19.6. The van der Waals surface area contributed by atoms with Crippen molar-refractivity contribution in [3.8, 4) is 0 Å². The quantitative estimate of drug-likeness (QED) is 0.601. The average molecular weight is 450 g/mol. The Morgan fingerprint density at radius 3 is 2.61 bits per heavy atom. The second-order valence-corrected chi connectivity index (χ2v) is 8.94. The van der Waals surface area contributed by atoms with E-state index in [-0.39, 0.29) is 30.2 Å². The first kappa shape index (κ1) is 23.0. The van der Waals surface area contributed by atoms with Crippen LogP contribution in [0.5, 0.6) is 0 Å². The smallest absolute Gasteiger partial charge is 0.257 e. The van der Waals surface area contributed by atoms with E-state index >= 15 is 0 Å². The number of benzene rings is 2. The number of amides is 1. The maximum absolute atomic E-state index is 13.5. The third-order valence-electron chi connectivity index (χ3n) is 6.74. The molecule has 6 heteroatoms. The first-order valence-electron chi connectivity index (χ1n) is 11.8. The number of carbonyl (C=O) groups is 1. The Bertz CT molecular complexity index is 1030. The fourth-order valence-electron chi connectivity index (χ4n) is 4.70. The van der Waals surface area contributed by atoms with E-state index in [1.165, 1.54) is 17.7 Å². The highest BCUT2D eigenvalue weighted by Crippen LogP contribution is 2.31. The first-order chi connectivity index (χ1) is 16.0. The highest BCUT2D eigenvalue weighted by atomic mass is 19.1. The molecule has 0 spiro atoms. The van der Waals surface area contributed by atoms with Crippen LogP contribution in [0, 0.1) is 5.82 Å². The van der Waals surface area contributed by atoms with Gasteiger partial charge in [-0.1, -0.05) is 55.8 Å². The number of carbonyl (C=O) groups excluding carboxylic acids is 1. The van der Waals surface area contributed by atoms with Crippen LogP contribution in [-0.2, 0) is 4.79 Å². The van der Waals surface area contributed by atoms with Crippen molar-refractivity contribution >= 4 is 11.7 Å². The topological polar surface area (TPSA) is 56.1 Å². The van der Waals surface area contributed by atoms with Gasteiger partial charge in [-0.15, -0.1) is 0 Å². The monoisotopic (exact) mass is 449 g/mol. The highest BCUT2D eigenvalue weighted by Gasteiger charge is 2.34. The summed E-state index contributed by atoms with van der Waals surface area (Å²) in [5.41, 5.74) is 2.51. The molecule has 2 aliphatic rings. The lowest BCUT2D eigenvalue weighted by Gasteiger charge is -2.36. The van der Waals surface area contributed by atoms with Crippen LogP contribution in [0.3, 0.4) is 0 Å². The zero-order chi connectivity index (χ0) is 23.4. The van der Waals surface area contributed by atoms with Crippen LogP contribution in [0.25, 0.3) is 0 Å². The van der Waals surface area contributed by atoms with Crippen molar-refractivity contribution in [3.05, 3.63) is 83.0 Å². The van der Waals surface area contributed by atoms with Crippen molar-refractivity contribution in [2.75, 3.05) is 19.6 Å². The first-order valence-corrected chi connectivity index (χ1v) is 11.8. The number of hydrogen-bond acceptors (Lipinski definition) is 4. The van der Waals surface area contributed by atoms with E-state index in [4.69, 9.17) is 0 Å². The molecule has 4 rings (SSSR count). The number of unbranched alkanes of at least 4 members (excludes halogenated alkanes) is 1. The molecule has 1 amide bonds. The lowest BCUT2D eigenvalue weighted by molar-refractivity contribution is -0.126. The molecular formula is C27H32FN3O2. The van der Waals surface area contributed by atoms with Gasteiger partial charge in [0.2, 0.25) is 5.88 Å². The van der Waals surface area contributed by atoms with Crippen LogP contribution in [0.1, 0.15) is 62.6 Å². The Balaban J connectivity index is 1.55. The van der Waals surface area contributed by atoms with Crippen LogP contribution in [0.2, 0.25) is 0 Å². The van der Waals surface area contributed by atoms with Crippen molar-refractivity contribution in [2.24, 2.45) is 4.99 Å². The van der Waals surface area contributed by atoms with E-state index in [1.807, 2.05) is 30.0 Å². The molecule has 1 fully saturated rings. The van der Waals surface area contributed by atoms with Crippen molar-refractivity contribution < 1.29 is 14.3 Å². The SMILES string of the molecule is CCCCC1=NC(O)=C(C(=O)N2CC[C@H](c3ccccc3)C2)CN1[C@@H](C)c1ccc(F)cc1. The minimum absolute atomic E-state index is 0.104. The molecule has 2 aliphatic heterocycles. The number of likely N-dealkylation sites (tertiary alicyclic amines) is 1. The summed E-state index contributed by atoms with van der Waals surface area (Å²) < 4.78 is 13.5. The molecule has 2 aromatic rings. The largest absolute Gasteiger partial charge is 0.493 e. The summed E-state index contributed by atoms with van der Waals surface area (Å²) in [6.45, 7) is 5.73. The molecule has 0 bridgehead atoms. The third-order valence-corrected chi connectivity index (χ3v) is 6.74. The number of rotatable bonds is 7. The van der Waals surface area contributed by atoms with Gasteiger partial charge in [-0.05, 0) is 43.0 Å². The van der Waals surface area contributed by atoms with E-state index in [0.29, 0.717) is 31.0 Å². The van der Waals surface area contributed by atoms with Crippen LogP contribution in [-0.4, -0.2) is 46.3 Å². The summed E-state index contributed by atoms with van der Waals surface area (Å²) >= 11 is 0. The van der Waals surface area contributed by atoms with Gasteiger partial charge >= 0.3 is 0 Å². The third kappa shape index (κ3) is 5.10. The maximum atomic E-state index is 13.5. The van der Waals surface area contributed by atoms with Gasteiger partial charge in [0.25, 0.3) is 5.91 Å². The van der Waals surface area contributed by atoms with Gasteiger partial charge in [-0.25, -0.2) is 9.38 Å². The molecule has 0 unspecified atom stereocenters. The van der Waals surface area contributed by atoms with E-state index in [0.717, 1.165) is 30.7 Å². The number of amidine groups is 1. The Morgan fingerprint density at radius 1 is 1.18 bits per heavy atom. The fraction of sp³-hybridized carbons (Fsp3) is 0.407. The molecule has 5 nitrogen and oxygen atoms in total. The van der Waals surface area contributed by atoms with Crippen molar-refractivity contribution in [1.29, 1.82) is 0 Å². The molecule has 0 radical (unpaired) electrons. The number of aliphatic hydroxyl groups is 1. The number of nitrogens with zero attached hydrogens (tertiary/aromatic N) is 3. The summed E-state index contributed by atoms with van der Waals surface area (Å²) in [6.07, 6.45) is 3.56. The van der Waals surface area contributed by atoms with Crippen molar-refractivity contribution in [2.45, 2.75) is 51.5 Å². The minimum Gasteiger partial charge on any atom is -0.493 e. The van der Waals surface area contributed by atoms with E-state index in [2.05, 4.69) is 28.9 Å². The van der Waals surface area contributed by atoms with Crippen molar-refractivity contribution in [1.82, 2.24) is 9.80 Å². The van der Waals surface area contributed by atoms with Gasteiger partial charge in [0.15, 0.2) is 0 Å². The second kappa shape index (κ2) is 10.2. The van der Waals surface area contributed by atoms with E-state index < -0.39 is 0 Å². The minimum atomic E-state index is -0.278. The molecule has 2 heterocycles. The molecule has 2 atom stereocenters. The van der Waals surface area contributed by atoms with E-state index in [1.54, 1.807) is 12.1 Å². The predicted molar refractivity (Wildman–Crippen MR) is 129 cm³/mol. The Hall–Kier alpha value is -3.15. The summed E-state index contributed by atoms with van der Waals surface area (Å²) in [4.78, 5) is 21.8. The maximum Gasteiger partial charge on any atom is 0.257 e. The number of aliphatic hydroxyl groups excluding tert-OH is 1. The molecule has 0 aliphatic carbocycles. The molecule has 1 saturated heterocycles.